The van der Waals surface area contributed by atoms with Crippen LogP contribution in [0.2, 0.25) is 0 Å². The maximum absolute atomic E-state index is 11.9. The van der Waals surface area contributed by atoms with E-state index in [0.29, 0.717) is 12.5 Å². The number of aliphatic hydroxyl groups is 1. The zero-order valence-corrected chi connectivity index (χ0v) is 11.2. The first-order valence-electron chi connectivity index (χ1n) is 5.99. The third-order valence-electron chi connectivity index (χ3n) is 3.04. The molecule has 0 radical (unpaired) electrons. The van der Waals surface area contributed by atoms with Crippen LogP contribution in [0, 0.1) is 5.92 Å². The molecule has 98 valence electrons. The Morgan fingerprint density at radius 2 is 2.22 bits per heavy atom. The highest BCUT2D eigenvalue weighted by atomic mass is 32.2. The molecule has 1 saturated heterocycles. The van der Waals surface area contributed by atoms with Gasteiger partial charge in [-0.05, 0) is 18.4 Å². The first-order valence-corrected chi connectivity index (χ1v) is 7.21. The number of para-hydroxylation sites is 1. The molecule has 1 aromatic carbocycles. The minimum absolute atomic E-state index is 0.00731. The summed E-state index contributed by atoms with van der Waals surface area (Å²) in [6.45, 7) is 2.24. The van der Waals surface area contributed by atoms with Crippen LogP contribution in [0.5, 0.6) is 0 Å². The second kappa shape index (κ2) is 6.22. The monoisotopic (exact) mass is 266 g/mol. The predicted molar refractivity (Wildman–Crippen MR) is 73.9 cm³/mol. The van der Waals surface area contributed by atoms with Gasteiger partial charge in [-0.1, -0.05) is 12.1 Å². The first kappa shape index (κ1) is 13.4. The van der Waals surface area contributed by atoms with E-state index in [4.69, 9.17) is 5.11 Å². The number of nitrogens with one attached hydrogen (secondary N) is 1. The van der Waals surface area contributed by atoms with Gasteiger partial charge < -0.3 is 10.4 Å². The van der Waals surface area contributed by atoms with Crippen molar-refractivity contribution in [1.29, 1.82) is 0 Å². The lowest BCUT2D eigenvalue weighted by atomic mass is 10.0. The van der Waals surface area contributed by atoms with Crippen molar-refractivity contribution in [3.05, 3.63) is 24.3 Å². The molecule has 0 saturated carbocycles. The van der Waals surface area contributed by atoms with Crippen molar-refractivity contribution < 1.29 is 9.90 Å². The lowest BCUT2D eigenvalue weighted by molar-refractivity contribution is -0.119. The Balaban J connectivity index is 1.84. The molecule has 1 heterocycles. The molecule has 1 aliphatic rings. The number of hydrogen-bond acceptors (Lipinski definition) is 4. The number of anilines is 1. The zero-order chi connectivity index (χ0) is 13.0. The largest absolute Gasteiger partial charge is 0.396 e. The molecule has 0 atom stereocenters. The molecule has 1 fully saturated rings. The van der Waals surface area contributed by atoms with Crippen molar-refractivity contribution in [3.8, 4) is 0 Å². The molecule has 0 aromatic heterocycles. The Labute approximate surface area is 111 Å². The quantitative estimate of drug-likeness (QED) is 0.788. The fraction of sp³-hybridized carbons (Fsp3) is 0.462. The average Bonchev–Trinajstić information content (AvgIpc) is 2.34. The molecule has 2 rings (SSSR count). The molecule has 1 amide bonds. The van der Waals surface area contributed by atoms with Crippen molar-refractivity contribution in [3.63, 3.8) is 0 Å². The highest BCUT2D eigenvalue weighted by molar-refractivity contribution is 7.98. The molecular formula is C13H18N2O2S. The van der Waals surface area contributed by atoms with Crippen molar-refractivity contribution in [2.24, 2.45) is 5.92 Å². The van der Waals surface area contributed by atoms with Gasteiger partial charge >= 0.3 is 0 Å². The number of nitrogens with zero attached hydrogens (tertiary/aromatic N) is 1. The number of thioether (sulfide) groups is 1. The highest BCUT2D eigenvalue weighted by Gasteiger charge is 2.27. The molecule has 0 spiro atoms. The molecule has 1 aliphatic heterocycles. The van der Waals surface area contributed by atoms with Gasteiger partial charge in [0.05, 0.1) is 12.2 Å². The van der Waals surface area contributed by atoms with E-state index in [9.17, 15) is 4.79 Å². The Bertz CT molecular complexity index is 419. The van der Waals surface area contributed by atoms with Crippen LogP contribution in [-0.4, -0.2) is 48.4 Å². The molecule has 0 aliphatic carbocycles. The van der Waals surface area contributed by atoms with E-state index in [1.54, 1.807) is 11.8 Å². The van der Waals surface area contributed by atoms with Gasteiger partial charge in [-0.2, -0.15) is 0 Å². The van der Waals surface area contributed by atoms with E-state index < -0.39 is 0 Å². The van der Waals surface area contributed by atoms with Gasteiger partial charge in [-0.25, -0.2) is 0 Å². The molecule has 5 heteroatoms. The summed E-state index contributed by atoms with van der Waals surface area (Å²) in [4.78, 5) is 15.0. The summed E-state index contributed by atoms with van der Waals surface area (Å²) in [6.07, 6.45) is 1.99. The summed E-state index contributed by atoms with van der Waals surface area (Å²) in [7, 11) is 0. The smallest absolute Gasteiger partial charge is 0.238 e. The number of amides is 1. The predicted octanol–water partition coefficient (Wildman–Crippen LogP) is 1.27. The molecular weight excluding hydrogens is 248 g/mol. The normalized spacial score (nSPS) is 16.3. The van der Waals surface area contributed by atoms with E-state index in [0.717, 1.165) is 23.7 Å². The van der Waals surface area contributed by atoms with Crippen LogP contribution in [0.15, 0.2) is 29.2 Å². The number of hydrogen-bond donors (Lipinski definition) is 2. The van der Waals surface area contributed by atoms with Crippen molar-refractivity contribution in [1.82, 2.24) is 4.90 Å². The fourth-order valence-corrected chi connectivity index (χ4v) is 2.62. The highest BCUT2D eigenvalue weighted by Crippen LogP contribution is 2.24. The third kappa shape index (κ3) is 3.25. The maximum atomic E-state index is 11.9. The lowest BCUT2D eigenvalue weighted by Gasteiger charge is -2.37. The molecule has 18 heavy (non-hydrogen) atoms. The summed E-state index contributed by atoms with van der Waals surface area (Å²) >= 11 is 1.62. The molecule has 2 N–H and O–H groups in total. The van der Waals surface area contributed by atoms with Crippen LogP contribution in [-0.2, 0) is 4.79 Å². The Morgan fingerprint density at radius 1 is 1.50 bits per heavy atom. The summed E-state index contributed by atoms with van der Waals surface area (Å²) in [5.41, 5.74) is 0.870. The SMILES string of the molecule is CSc1ccccc1NC(=O)CN1CC(CO)C1. The Morgan fingerprint density at radius 3 is 2.89 bits per heavy atom. The summed E-state index contributed by atoms with van der Waals surface area (Å²) in [6, 6.07) is 7.78. The van der Waals surface area contributed by atoms with Gasteiger partial charge in [0.1, 0.15) is 0 Å². The van der Waals surface area contributed by atoms with Gasteiger partial charge in [0.25, 0.3) is 0 Å². The van der Waals surface area contributed by atoms with Crippen molar-refractivity contribution >= 4 is 23.4 Å². The average molecular weight is 266 g/mol. The number of likely N-dealkylation sites (tertiary alicyclic amines) is 1. The molecule has 1 aromatic rings. The fourth-order valence-electron chi connectivity index (χ4n) is 2.06. The van der Waals surface area contributed by atoms with E-state index in [2.05, 4.69) is 5.32 Å². The van der Waals surface area contributed by atoms with E-state index in [-0.39, 0.29) is 12.5 Å². The maximum Gasteiger partial charge on any atom is 0.238 e. The summed E-state index contributed by atoms with van der Waals surface area (Å²) < 4.78 is 0. The van der Waals surface area contributed by atoms with E-state index in [1.165, 1.54) is 0 Å². The minimum Gasteiger partial charge on any atom is -0.396 e. The van der Waals surface area contributed by atoms with Crippen LogP contribution in [0.1, 0.15) is 0 Å². The van der Waals surface area contributed by atoms with E-state index >= 15 is 0 Å². The van der Waals surface area contributed by atoms with Crippen LogP contribution in [0.3, 0.4) is 0 Å². The number of carbonyl (C=O) groups excluding carboxylic acids is 1. The van der Waals surface area contributed by atoms with Crippen molar-refractivity contribution in [2.45, 2.75) is 4.90 Å². The molecule has 0 bridgehead atoms. The second-order valence-electron chi connectivity index (χ2n) is 4.49. The first-order chi connectivity index (χ1) is 8.72. The standard InChI is InChI=1S/C13H18N2O2S/c1-18-12-5-3-2-4-11(12)14-13(17)8-15-6-10(7-15)9-16/h2-5,10,16H,6-9H2,1H3,(H,14,17). The lowest BCUT2D eigenvalue weighted by Crippen LogP contribution is -2.51. The number of aliphatic hydroxyl groups excluding tert-OH is 1. The van der Waals surface area contributed by atoms with Gasteiger partial charge in [0.2, 0.25) is 5.91 Å². The van der Waals surface area contributed by atoms with Gasteiger partial charge in [0.15, 0.2) is 0 Å². The second-order valence-corrected chi connectivity index (χ2v) is 5.34. The number of benzene rings is 1. The summed E-state index contributed by atoms with van der Waals surface area (Å²) in [5, 5.41) is 11.8. The van der Waals surface area contributed by atoms with Gasteiger partial charge in [-0.15, -0.1) is 11.8 Å². The number of carbonyl (C=O) groups is 1. The zero-order valence-electron chi connectivity index (χ0n) is 10.4. The minimum atomic E-state index is 0.00731. The number of rotatable bonds is 5. The Hall–Kier alpha value is -1.04. The van der Waals surface area contributed by atoms with Gasteiger partial charge in [-0.3, -0.25) is 9.69 Å². The Kier molecular flexibility index (Phi) is 4.63. The van der Waals surface area contributed by atoms with Crippen LogP contribution < -0.4 is 5.32 Å². The third-order valence-corrected chi connectivity index (χ3v) is 3.84. The van der Waals surface area contributed by atoms with Gasteiger partial charge in [0, 0.05) is 30.5 Å². The molecule has 0 unspecified atom stereocenters. The topological polar surface area (TPSA) is 52.6 Å². The van der Waals surface area contributed by atoms with Crippen LogP contribution in [0.25, 0.3) is 0 Å². The van der Waals surface area contributed by atoms with Crippen molar-refractivity contribution in [2.75, 3.05) is 37.8 Å². The van der Waals surface area contributed by atoms with Crippen LogP contribution in [0.4, 0.5) is 5.69 Å². The van der Waals surface area contributed by atoms with E-state index in [1.807, 2.05) is 35.4 Å². The molecule has 4 nitrogen and oxygen atoms in total. The summed E-state index contributed by atoms with van der Waals surface area (Å²) in [5.74, 6) is 0.351. The van der Waals surface area contributed by atoms with Crippen LogP contribution >= 0.6 is 11.8 Å².